The van der Waals surface area contributed by atoms with Crippen molar-refractivity contribution in [3.05, 3.63) is 65.5 Å². The molecule has 2 aromatic rings. The van der Waals surface area contributed by atoms with E-state index < -0.39 is 0 Å². The third-order valence-corrected chi connectivity index (χ3v) is 3.78. The number of nitrogens with zero attached hydrogens (tertiary/aromatic N) is 1. The van der Waals surface area contributed by atoms with Gasteiger partial charge in [0.1, 0.15) is 12.6 Å². The molecule has 3 rings (SSSR count). The van der Waals surface area contributed by atoms with Crippen LogP contribution in [0.15, 0.2) is 48.8 Å². The van der Waals surface area contributed by atoms with E-state index in [4.69, 9.17) is 0 Å². The van der Waals surface area contributed by atoms with Crippen molar-refractivity contribution in [1.29, 1.82) is 0 Å². The van der Waals surface area contributed by atoms with Crippen LogP contribution in [0.5, 0.6) is 0 Å². The minimum atomic E-state index is 0.621. The van der Waals surface area contributed by atoms with Gasteiger partial charge in [-0.1, -0.05) is 30.3 Å². The average Bonchev–Trinajstić information content (AvgIpc) is 2.46. The summed E-state index contributed by atoms with van der Waals surface area (Å²) in [6.07, 6.45) is 7.64. The third-order valence-electron chi connectivity index (χ3n) is 3.78. The first kappa shape index (κ1) is 11.4. The van der Waals surface area contributed by atoms with Crippen LogP contribution in [0.25, 0.3) is 0 Å². The van der Waals surface area contributed by atoms with Gasteiger partial charge in [0, 0.05) is 29.9 Å². The highest BCUT2D eigenvalue weighted by atomic mass is 14.9. The monoisotopic (exact) mass is 239 g/mol. The molecule has 2 nitrogen and oxygen atoms in total. The molecule has 0 radical (unpaired) electrons. The maximum atomic E-state index is 4.17. The number of aryl methyl sites for hydroxylation is 1. The summed E-state index contributed by atoms with van der Waals surface area (Å²) in [7, 11) is 0. The topological polar surface area (TPSA) is 29.5 Å². The van der Waals surface area contributed by atoms with E-state index >= 15 is 0 Å². The molecule has 0 bridgehead atoms. The van der Waals surface area contributed by atoms with Crippen LogP contribution in [-0.2, 0) is 13.0 Å². The van der Waals surface area contributed by atoms with Crippen molar-refractivity contribution in [3.63, 3.8) is 0 Å². The van der Waals surface area contributed by atoms with E-state index in [1.54, 1.807) is 0 Å². The Kier molecular flexibility index (Phi) is 3.37. The van der Waals surface area contributed by atoms with Gasteiger partial charge in [-0.2, -0.15) is 0 Å². The van der Waals surface area contributed by atoms with E-state index in [-0.39, 0.29) is 0 Å². The minimum absolute atomic E-state index is 0.621. The molecule has 0 fully saturated rings. The Balaban J connectivity index is 1.71. The normalized spacial score (nSPS) is 18.3. The van der Waals surface area contributed by atoms with Gasteiger partial charge in [0.25, 0.3) is 0 Å². The number of rotatable bonds is 3. The number of aromatic nitrogens is 1. The first-order valence-electron chi connectivity index (χ1n) is 6.73. The van der Waals surface area contributed by atoms with Crippen LogP contribution in [-0.4, -0.2) is 4.98 Å². The molecular weight excluding hydrogens is 220 g/mol. The molecule has 1 aliphatic rings. The van der Waals surface area contributed by atoms with Crippen molar-refractivity contribution in [2.45, 2.75) is 31.8 Å². The Morgan fingerprint density at radius 3 is 3.00 bits per heavy atom. The van der Waals surface area contributed by atoms with E-state index in [0.717, 1.165) is 6.54 Å². The molecule has 2 N–H and O–H groups in total. The summed E-state index contributed by atoms with van der Waals surface area (Å²) >= 11 is 0. The molecule has 1 aliphatic carbocycles. The van der Waals surface area contributed by atoms with Gasteiger partial charge in [0.2, 0.25) is 0 Å². The van der Waals surface area contributed by atoms with Crippen LogP contribution in [0.1, 0.15) is 35.6 Å². The second-order valence-corrected chi connectivity index (χ2v) is 5.00. The molecule has 0 saturated carbocycles. The molecule has 0 amide bonds. The first-order valence-corrected chi connectivity index (χ1v) is 6.73. The molecule has 1 aromatic heterocycles. The predicted octanol–water partition coefficient (Wildman–Crippen LogP) is 2.22. The van der Waals surface area contributed by atoms with E-state index in [0.29, 0.717) is 6.04 Å². The maximum absolute atomic E-state index is 4.17. The van der Waals surface area contributed by atoms with Crippen molar-refractivity contribution in [1.82, 2.24) is 4.98 Å². The van der Waals surface area contributed by atoms with Gasteiger partial charge in [0.05, 0.1) is 0 Å². The minimum Gasteiger partial charge on any atom is -0.336 e. The summed E-state index contributed by atoms with van der Waals surface area (Å²) in [5.74, 6) is 0. The average molecular weight is 239 g/mol. The van der Waals surface area contributed by atoms with Crippen molar-refractivity contribution >= 4 is 0 Å². The van der Waals surface area contributed by atoms with Gasteiger partial charge >= 0.3 is 0 Å². The van der Waals surface area contributed by atoms with E-state index in [9.17, 15) is 0 Å². The summed E-state index contributed by atoms with van der Waals surface area (Å²) in [5, 5.41) is 2.45. The second kappa shape index (κ2) is 5.32. The molecule has 1 atom stereocenters. The summed E-state index contributed by atoms with van der Waals surface area (Å²) in [6, 6.07) is 13.7. The molecule has 1 aromatic carbocycles. The Hall–Kier alpha value is -1.67. The molecule has 0 spiro atoms. The zero-order valence-electron chi connectivity index (χ0n) is 10.5. The molecule has 18 heavy (non-hydrogen) atoms. The van der Waals surface area contributed by atoms with Crippen LogP contribution in [0.3, 0.4) is 0 Å². The Morgan fingerprint density at radius 1 is 1.17 bits per heavy atom. The molecule has 1 heterocycles. The van der Waals surface area contributed by atoms with E-state index in [1.807, 2.05) is 18.5 Å². The van der Waals surface area contributed by atoms with Crippen LogP contribution >= 0.6 is 0 Å². The maximum Gasteiger partial charge on any atom is 0.112 e. The van der Waals surface area contributed by atoms with Crippen LogP contribution in [0, 0.1) is 0 Å². The van der Waals surface area contributed by atoms with E-state index in [1.165, 1.54) is 36.0 Å². The highest BCUT2D eigenvalue weighted by molar-refractivity contribution is 5.30. The van der Waals surface area contributed by atoms with Gasteiger partial charge in [-0.05, 0) is 24.5 Å². The predicted molar refractivity (Wildman–Crippen MR) is 72.0 cm³/mol. The highest BCUT2D eigenvalue weighted by Crippen LogP contribution is 2.26. The van der Waals surface area contributed by atoms with Crippen molar-refractivity contribution < 1.29 is 5.32 Å². The van der Waals surface area contributed by atoms with Gasteiger partial charge in [-0.25, -0.2) is 0 Å². The van der Waals surface area contributed by atoms with Crippen LogP contribution in [0.4, 0.5) is 0 Å². The molecule has 92 valence electrons. The van der Waals surface area contributed by atoms with Crippen LogP contribution in [0.2, 0.25) is 0 Å². The quantitative estimate of drug-likeness (QED) is 0.874. The Morgan fingerprint density at radius 2 is 2.11 bits per heavy atom. The molecular formula is C16H19N2+. The zero-order chi connectivity index (χ0) is 12.2. The molecule has 0 unspecified atom stereocenters. The smallest absolute Gasteiger partial charge is 0.112 e. The Labute approximate surface area is 108 Å². The molecule has 2 heteroatoms. The van der Waals surface area contributed by atoms with Crippen molar-refractivity contribution in [2.24, 2.45) is 0 Å². The van der Waals surface area contributed by atoms with Crippen molar-refractivity contribution in [2.75, 3.05) is 0 Å². The zero-order valence-corrected chi connectivity index (χ0v) is 10.5. The van der Waals surface area contributed by atoms with E-state index in [2.05, 4.69) is 40.6 Å². The lowest BCUT2D eigenvalue weighted by atomic mass is 9.88. The fourth-order valence-electron chi connectivity index (χ4n) is 2.83. The highest BCUT2D eigenvalue weighted by Gasteiger charge is 2.21. The van der Waals surface area contributed by atoms with Gasteiger partial charge in [-0.15, -0.1) is 0 Å². The summed E-state index contributed by atoms with van der Waals surface area (Å²) in [4.78, 5) is 4.17. The second-order valence-electron chi connectivity index (χ2n) is 5.00. The van der Waals surface area contributed by atoms with Gasteiger partial charge < -0.3 is 5.32 Å². The standard InChI is InChI=1S/C16H18N2/c1-2-8-15-14(6-1)7-3-9-16(15)18-12-13-5-4-10-17-11-13/h1-2,4-6,8,10-11,16,18H,3,7,9,12H2/p+1/t16-/m0/s1. The lowest BCUT2D eigenvalue weighted by Crippen LogP contribution is -2.84. The van der Waals surface area contributed by atoms with Gasteiger partial charge in [-0.3, -0.25) is 4.98 Å². The molecule has 0 saturated heterocycles. The summed E-state index contributed by atoms with van der Waals surface area (Å²) in [6.45, 7) is 1.02. The first-order chi connectivity index (χ1) is 8.93. The fourth-order valence-corrected chi connectivity index (χ4v) is 2.83. The number of nitrogens with two attached hydrogens (primary N) is 1. The number of pyridine rings is 1. The largest absolute Gasteiger partial charge is 0.336 e. The lowest BCUT2D eigenvalue weighted by Gasteiger charge is -2.23. The van der Waals surface area contributed by atoms with Gasteiger partial charge in [0.15, 0.2) is 0 Å². The summed E-state index contributed by atoms with van der Waals surface area (Å²) in [5.41, 5.74) is 4.38. The summed E-state index contributed by atoms with van der Waals surface area (Å²) < 4.78 is 0. The fraction of sp³-hybridized carbons (Fsp3) is 0.312. The molecule has 0 aliphatic heterocycles. The number of fused-ring (bicyclic) bond motifs is 1. The van der Waals surface area contributed by atoms with Crippen molar-refractivity contribution in [3.8, 4) is 0 Å². The number of benzene rings is 1. The number of hydrogen-bond acceptors (Lipinski definition) is 1. The van der Waals surface area contributed by atoms with Crippen LogP contribution < -0.4 is 5.32 Å². The number of quaternary nitrogens is 1. The third kappa shape index (κ3) is 2.44. The Bertz CT molecular complexity index is 508. The number of hydrogen-bond donors (Lipinski definition) is 1. The lowest BCUT2D eigenvalue weighted by molar-refractivity contribution is -0.712. The SMILES string of the molecule is c1cncc(C[NH2+][C@H]2CCCc3ccccc32)c1.